The van der Waals surface area contributed by atoms with Crippen LogP contribution in [0.1, 0.15) is 18.1 Å². The number of rotatable bonds is 4. The highest BCUT2D eigenvalue weighted by atomic mass is 35.5. The van der Waals surface area contributed by atoms with Crippen LogP contribution in [-0.4, -0.2) is 13.1 Å². The highest BCUT2D eigenvalue weighted by Gasteiger charge is 2.23. The van der Waals surface area contributed by atoms with E-state index in [1.54, 1.807) is 6.07 Å². The number of nitrogens with zero attached hydrogens (tertiary/aromatic N) is 1. The van der Waals surface area contributed by atoms with Gasteiger partial charge in [0, 0.05) is 35.1 Å². The largest absolute Gasteiger partial charge is 0.341 e. The second-order valence-electron chi connectivity index (χ2n) is 5.19. The van der Waals surface area contributed by atoms with Gasteiger partial charge in [0.05, 0.1) is 0 Å². The Morgan fingerprint density at radius 3 is 2.90 bits per heavy atom. The first-order valence-electron chi connectivity index (χ1n) is 7.24. The maximum Gasteiger partial charge on any atom is 0.125 e. The minimum absolute atomic E-state index is 0.198. The van der Waals surface area contributed by atoms with E-state index in [2.05, 4.69) is 23.2 Å². The van der Waals surface area contributed by atoms with Gasteiger partial charge in [-0.3, -0.25) is 0 Å². The highest BCUT2D eigenvalue weighted by Crippen LogP contribution is 2.38. The molecular formula is C17H18ClFN2. The third-order valence-corrected chi connectivity index (χ3v) is 4.23. The van der Waals surface area contributed by atoms with Crippen molar-refractivity contribution in [2.45, 2.75) is 19.9 Å². The van der Waals surface area contributed by atoms with Crippen molar-refractivity contribution in [2.75, 3.05) is 18.0 Å². The summed E-state index contributed by atoms with van der Waals surface area (Å²) in [6.07, 6.45) is 0.933. The molecule has 1 N–H and O–H groups in total. The predicted molar refractivity (Wildman–Crippen MR) is 85.9 cm³/mol. The number of halogens is 2. The summed E-state index contributed by atoms with van der Waals surface area (Å²) in [5, 5.41) is 4.07. The summed E-state index contributed by atoms with van der Waals surface area (Å²) in [6, 6.07) is 10.9. The summed E-state index contributed by atoms with van der Waals surface area (Å²) in [5.41, 5.74) is 4.27. The summed E-state index contributed by atoms with van der Waals surface area (Å²) < 4.78 is 13.6. The van der Waals surface area contributed by atoms with Gasteiger partial charge in [0.2, 0.25) is 0 Å². The van der Waals surface area contributed by atoms with Gasteiger partial charge in [-0.05, 0) is 42.8 Å². The lowest BCUT2D eigenvalue weighted by molar-refractivity contribution is 0.628. The van der Waals surface area contributed by atoms with Crippen LogP contribution in [0.15, 0.2) is 36.4 Å². The van der Waals surface area contributed by atoms with Gasteiger partial charge >= 0.3 is 0 Å². The topological polar surface area (TPSA) is 15.3 Å². The molecule has 3 rings (SSSR count). The van der Waals surface area contributed by atoms with E-state index in [4.69, 9.17) is 11.6 Å². The maximum absolute atomic E-state index is 13.6. The maximum atomic E-state index is 13.6. The highest BCUT2D eigenvalue weighted by molar-refractivity contribution is 6.31. The van der Waals surface area contributed by atoms with E-state index in [-0.39, 0.29) is 5.82 Å². The molecule has 21 heavy (non-hydrogen) atoms. The number of anilines is 2. The van der Waals surface area contributed by atoms with Crippen molar-refractivity contribution in [3.63, 3.8) is 0 Å². The average molecular weight is 305 g/mol. The smallest absolute Gasteiger partial charge is 0.125 e. The van der Waals surface area contributed by atoms with Crippen molar-refractivity contribution in [3.05, 3.63) is 58.4 Å². The molecule has 110 valence electrons. The number of benzene rings is 2. The predicted octanol–water partition coefficient (Wildman–Crippen LogP) is 4.28. The van der Waals surface area contributed by atoms with Crippen LogP contribution in [0.5, 0.6) is 0 Å². The number of hydrogen-bond acceptors (Lipinski definition) is 2. The molecule has 2 aromatic carbocycles. The zero-order valence-corrected chi connectivity index (χ0v) is 12.8. The molecule has 0 spiro atoms. The fourth-order valence-electron chi connectivity index (χ4n) is 2.83. The fourth-order valence-corrected chi connectivity index (χ4v) is 3.06. The summed E-state index contributed by atoms with van der Waals surface area (Å²) in [6.45, 7) is 4.53. The van der Waals surface area contributed by atoms with Crippen LogP contribution >= 0.6 is 11.6 Å². The summed E-state index contributed by atoms with van der Waals surface area (Å²) in [7, 11) is 0. The zero-order valence-electron chi connectivity index (χ0n) is 12.0. The van der Waals surface area contributed by atoms with E-state index in [0.717, 1.165) is 41.5 Å². The number of fused-ring (bicyclic) bond motifs is 1. The fraction of sp³-hybridized carbons (Fsp3) is 0.294. The van der Waals surface area contributed by atoms with Crippen molar-refractivity contribution >= 4 is 23.0 Å². The van der Waals surface area contributed by atoms with Crippen LogP contribution in [0.3, 0.4) is 0 Å². The molecule has 4 heteroatoms. The van der Waals surface area contributed by atoms with Crippen LogP contribution in [0.25, 0.3) is 0 Å². The van der Waals surface area contributed by atoms with Gasteiger partial charge in [-0.1, -0.05) is 30.7 Å². The van der Waals surface area contributed by atoms with Gasteiger partial charge in [0.1, 0.15) is 5.82 Å². The first-order valence-corrected chi connectivity index (χ1v) is 7.62. The molecule has 0 saturated carbocycles. The minimum atomic E-state index is -0.198. The monoisotopic (exact) mass is 304 g/mol. The molecule has 0 bridgehead atoms. The summed E-state index contributed by atoms with van der Waals surface area (Å²) in [5.74, 6) is -0.198. The van der Waals surface area contributed by atoms with Crippen molar-refractivity contribution in [2.24, 2.45) is 0 Å². The van der Waals surface area contributed by atoms with Gasteiger partial charge in [-0.15, -0.1) is 0 Å². The molecule has 0 unspecified atom stereocenters. The summed E-state index contributed by atoms with van der Waals surface area (Å²) >= 11 is 6.36. The molecule has 0 aliphatic carbocycles. The minimum Gasteiger partial charge on any atom is -0.341 e. The van der Waals surface area contributed by atoms with E-state index in [1.165, 1.54) is 11.6 Å². The van der Waals surface area contributed by atoms with E-state index < -0.39 is 0 Å². The number of nitrogens with one attached hydrogen (secondary N) is 1. The lowest BCUT2D eigenvalue weighted by Gasteiger charge is -2.24. The standard InChI is InChI=1S/C17H18ClFN2/c1-2-20-11-14-15(18)4-3-5-16(14)21-9-8-12-6-7-13(19)10-17(12)21/h3-7,10,20H,2,8-9,11H2,1H3. The Morgan fingerprint density at radius 2 is 2.10 bits per heavy atom. The van der Waals surface area contributed by atoms with Gasteiger partial charge in [-0.2, -0.15) is 0 Å². The Bertz CT molecular complexity index is 657. The van der Waals surface area contributed by atoms with Crippen LogP contribution < -0.4 is 10.2 Å². The molecular weight excluding hydrogens is 287 g/mol. The molecule has 0 saturated heterocycles. The Hall–Kier alpha value is -1.58. The van der Waals surface area contributed by atoms with Crippen LogP contribution in [0.2, 0.25) is 5.02 Å². The third-order valence-electron chi connectivity index (χ3n) is 3.88. The first-order chi connectivity index (χ1) is 10.2. The molecule has 0 fully saturated rings. The molecule has 0 aromatic heterocycles. The van der Waals surface area contributed by atoms with Gasteiger partial charge in [0.15, 0.2) is 0 Å². The molecule has 0 radical (unpaired) electrons. The van der Waals surface area contributed by atoms with E-state index >= 15 is 0 Å². The second kappa shape index (κ2) is 6.04. The Kier molecular flexibility index (Phi) is 4.13. The lowest BCUT2D eigenvalue weighted by Crippen LogP contribution is -2.19. The Balaban J connectivity index is 2.03. The molecule has 2 nitrogen and oxygen atoms in total. The lowest BCUT2D eigenvalue weighted by atomic mass is 10.1. The molecule has 1 aliphatic rings. The van der Waals surface area contributed by atoms with Gasteiger partial charge < -0.3 is 10.2 Å². The van der Waals surface area contributed by atoms with Crippen LogP contribution in [0.4, 0.5) is 15.8 Å². The third kappa shape index (κ3) is 2.76. The Labute approximate surface area is 129 Å². The molecule has 0 atom stereocenters. The van der Waals surface area contributed by atoms with E-state index in [9.17, 15) is 4.39 Å². The number of hydrogen-bond donors (Lipinski definition) is 1. The van der Waals surface area contributed by atoms with Crippen molar-refractivity contribution in [1.82, 2.24) is 5.32 Å². The van der Waals surface area contributed by atoms with Gasteiger partial charge in [-0.25, -0.2) is 4.39 Å². The van der Waals surface area contributed by atoms with E-state index in [1.807, 2.05) is 18.2 Å². The van der Waals surface area contributed by atoms with Crippen LogP contribution in [-0.2, 0) is 13.0 Å². The SMILES string of the molecule is CCNCc1c(Cl)cccc1N1CCc2ccc(F)cc21. The molecule has 1 aliphatic heterocycles. The van der Waals surface area contributed by atoms with Gasteiger partial charge in [0.25, 0.3) is 0 Å². The first kappa shape index (κ1) is 14.4. The summed E-state index contributed by atoms with van der Waals surface area (Å²) in [4.78, 5) is 2.16. The van der Waals surface area contributed by atoms with Crippen LogP contribution in [0, 0.1) is 5.82 Å². The quantitative estimate of drug-likeness (QED) is 0.907. The molecule has 1 heterocycles. The second-order valence-corrected chi connectivity index (χ2v) is 5.60. The Morgan fingerprint density at radius 1 is 1.24 bits per heavy atom. The molecule has 2 aromatic rings. The normalized spacial score (nSPS) is 13.6. The zero-order chi connectivity index (χ0) is 14.8. The van der Waals surface area contributed by atoms with E-state index in [0.29, 0.717) is 6.54 Å². The van der Waals surface area contributed by atoms with Crippen molar-refractivity contribution < 1.29 is 4.39 Å². The van der Waals surface area contributed by atoms with Crippen molar-refractivity contribution in [1.29, 1.82) is 0 Å². The van der Waals surface area contributed by atoms with Crippen molar-refractivity contribution in [3.8, 4) is 0 Å². The molecule has 0 amide bonds. The average Bonchev–Trinajstić information content (AvgIpc) is 2.88.